The molecule has 0 radical (unpaired) electrons. The van der Waals surface area contributed by atoms with Crippen molar-refractivity contribution in [1.29, 1.82) is 0 Å². The van der Waals surface area contributed by atoms with E-state index in [2.05, 4.69) is 11.4 Å². The standard InChI is InChI=1S/C21H30N2O2S/c24-19(18-14-16-8-3-1-2-4-9-17(16)26-18)22-15-21(10-7-11-21)20(25)23-12-5-6-13-23/h14H,1-13,15H2,(H,22,24). The minimum Gasteiger partial charge on any atom is -0.350 e. The fraction of sp³-hybridized carbons (Fsp3) is 0.714. The number of carbonyl (C=O) groups excluding carboxylic acids is 2. The Kier molecular flexibility index (Phi) is 5.35. The van der Waals surface area contributed by atoms with Crippen molar-refractivity contribution in [3.05, 3.63) is 21.4 Å². The van der Waals surface area contributed by atoms with Gasteiger partial charge in [0.05, 0.1) is 10.3 Å². The molecule has 142 valence electrons. The molecule has 4 rings (SSSR count). The molecule has 1 saturated carbocycles. The molecular formula is C21H30N2O2S. The Labute approximate surface area is 160 Å². The van der Waals surface area contributed by atoms with Crippen molar-refractivity contribution in [3.63, 3.8) is 0 Å². The first kappa shape index (κ1) is 18.0. The average Bonchev–Trinajstić information content (AvgIpc) is 3.23. The maximum Gasteiger partial charge on any atom is 0.261 e. The van der Waals surface area contributed by atoms with Crippen molar-refractivity contribution >= 4 is 23.2 Å². The van der Waals surface area contributed by atoms with Crippen LogP contribution >= 0.6 is 11.3 Å². The van der Waals surface area contributed by atoms with Crippen molar-refractivity contribution in [3.8, 4) is 0 Å². The molecule has 1 N–H and O–H groups in total. The van der Waals surface area contributed by atoms with E-state index in [-0.39, 0.29) is 17.2 Å². The number of rotatable bonds is 4. The van der Waals surface area contributed by atoms with Crippen LogP contribution in [0, 0.1) is 5.41 Å². The molecule has 5 heteroatoms. The van der Waals surface area contributed by atoms with Gasteiger partial charge < -0.3 is 10.2 Å². The SMILES string of the molecule is O=C(NCC1(C(=O)N2CCCC2)CCC1)c1cc2c(s1)CCCCCC2. The van der Waals surface area contributed by atoms with Gasteiger partial charge in [-0.3, -0.25) is 9.59 Å². The van der Waals surface area contributed by atoms with E-state index in [1.807, 2.05) is 4.90 Å². The summed E-state index contributed by atoms with van der Waals surface area (Å²) in [6, 6.07) is 2.11. The molecule has 2 amide bonds. The predicted molar refractivity (Wildman–Crippen MR) is 105 cm³/mol. The van der Waals surface area contributed by atoms with Crippen molar-refractivity contribution < 1.29 is 9.59 Å². The second kappa shape index (κ2) is 7.71. The van der Waals surface area contributed by atoms with E-state index in [9.17, 15) is 9.59 Å². The number of carbonyl (C=O) groups is 2. The lowest BCUT2D eigenvalue weighted by Gasteiger charge is -2.42. The van der Waals surface area contributed by atoms with Crippen LogP contribution in [0.5, 0.6) is 0 Å². The predicted octanol–water partition coefficient (Wildman–Crippen LogP) is 3.93. The lowest BCUT2D eigenvalue weighted by molar-refractivity contribution is -0.145. The summed E-state index contributed by atoms with van der Waals surface area (Å²) in [5, 5.41) is 3.11. The molecule has 0 aromatic carbocycles. The van der Waals surface area contributed by atoms with Gasteiger partial charge in [-0.1, -0.05) is 19.3 Å². The number of fused-ring (bicyclic) bond motifs is 1. The first-order chi connectivity index (χ1) is 12.7. The molecule has 1 saturated heterocycles. The van der Waals surface area contributed by atoms with Crippen LogP contribution in [-0.4, -0.2) is 36.3 Å². The van der Waals surface area contributed by atoms with Gasteiger partial charge in [0.2, 0.25) is 5.91 Å². The van der Waals surface area contributed by atoms with Crippen molar-refractivity contribution in [2.45, 2.75) is 70.6 Å². The summed E-state index contributed by atoms with van der Waals surface area (Å²) in [5.41, 5.74) is 1.05. The largest absolute Gasteiger partial charge is 0.350 e. The smallest absolute Gasteiger partial charge is 0.261 e. The van der Waals surface area contributed by atoms with Gasteiger partial charge in [0.25, 0.3) is 5.91 Å². The van der Waals surface area contributed by atoms with Crippen molar-refractivity contribution in [2.75, 3.05) is 19.6 Å². The number of hydrogen-bond acceptors (Lipinski definition) is 3. The van der Waals surface area contributed by atoms with Crippen LogP contribution in [0.3, 0.4) is 0 Å². The van der Waals surface area contributed by atoms with Crippen LogP contribution in [0.25, 0.3) is 0 Å². The third-order valence-electron chi connectivity index (χ3n) is 6.47. The summed E-state index contributed by atoms with van der Waals surface area (Å²) in [5.74, 6) is 0.294. The Hall–Kier alpha value is -1.36. The summed E-state index contributed by atoms with van der Waals surface area (Å²) in [7, 11) is 0. The highest BCUT2D eigenvalue weighted by molar-refractivity contribution is 7.14. The fourth-order valence-electron chi connectivity index (χ4n) is 4.62. The van der Waals surface area contributed by atoms with Crippen LogP contribution in [0.4, 0.5) is 0 Å². The molecular weight excluding hydrogens is 344 g/mol. The molecule has 2 heterocycles. The van der Waals surface area contributed by atoms with Crippen LogP contribution in [-0.2, 0) is 17.6 Å². The maximum absolute atomic E-state index is 12.9. The molecule has 0 unspecified atom stereocenters. The molecule has 1 aromatic rings. The molecule has 3 aliphatic rings. The molecule has 0 atom stereocenters. The summed E-state index contributed by atoms with van der Waals surface area (Å²) < 4.78 is 0. The molecule has 2 aliphatic carbocycles. The zero-order chi connectivity index (χ0) is 18.0. The van der Waals surface area contributed by atoms with Gasteiger partial charge in [-0.05, 0) is 63.0 Å². The van der Waals surface area contributed by atoms with E-state index >= 15 is 0 Å². The highest BCUT2D eigenvalue weighted by Crippen LogP contribution is 2.42. The molecule has 4 nitrogen and oxygen atoms in total. The Morgan fingerprint density at radius 3 is 2.42 bits per heavy atom. The Bertz CT molecular complexity index is 646. The monoisotopic (exact) mass is 374 g/mol. The molecule has 0 bridgehead atoms. The molecule has 26 heavy (non-hydrogen) atoms. The van der Waals surface area contributed by atoms with Gasteiger partial charge >= 0.3 is 0 Å². The van der Waals surface area contributed by atoms with Crippen LogP contribution < -0.4 is 5.32 Å². The Balaban J connectivity index is 1.40. The Morgan fingerprint density at radius 1 is 1.00 bits per heavy atom. The summed E-state index contributed by atoms with van der Waals surface area (Å²) >= 11 is 1.67. The number of thiophene rings is 1. The molecule has 1 aromatic heterocycles. The number of likely N-dealkylation sites (tertiary alicyclic amines) is 1. The average molecular weight is 375 g/mol. The van der Waals surface area contributed by atoms with Crippen LogP contribution in [0.2, 0.25) is 0 Å². The summed E-state index contributed by atoms with van der Waals surface area (Å²) in [6.07, 6.45) is 12.5. The van der Waals surface area contributed by atoms with E-state index in [1.165, 1.54) is 36.1 Å². The second-order valence-electron chi connectivity index (χ2n) is 8.29. The van der Waals surface area contributed by atoms with E-state index < -0.39 is 0 Å². The number of nitrogens with one attached hydrogen (secondary N) is 1. The summed E-state index contributed by atoms with van der Waals surface area (Å²) in [4.78, 5) is 29.9. The van der Waals surface area contributed by atoms with Crippen molar-refractivity contribution in [2.24, 2.45) is 5.41 Å². The second-order valence-corrected chi connectivity index (χ2v) is 9.43. The zero-order valence-corrected chi connectivity index (χ0v) is 16.5. The van der Waals surface area contributed by atoms with E-state index in [4.69, 9.17) is 0 Å². The number of aryl methyl sites for hydroxylation is 2. The maximum atomic E-state index is 12.9. The number of nitrogens with zero attached hydrogens (tertiary/aromatic N) is 1. The lowest BCUT2D eigenvalue weighted by Crippen LogP contribution is -2.53. The molecule has 1 aliphatic heterocycles. The number of amides is 2. The molecule has 2 fully saturated rings. The van der Waals surface area contributed by atoms with Gasteiger partial charge in [-0.2, -0.15) is 0 Å². The molecule has 0 spiro atoms. The van der Waals surface area contributed by atoms with Gasteiger partial charge in [-0.25, -0.2) is 0 Å². The minimum atomic E-state index is -0.328. The van der Waals surface area contributed by atoms with Crippen LogP contribution in [0.15, 0.2) is 6.07 Å². The van der Waals surface area contributed by atoms with E-state index in [0.717, 1.165) is 62.9 Å². The van der Waals surface area contributed by atoms with E-state index in [0.29, 0.717) is 6.54 Å². The number of hydrogen-bond donors (Lipinski definition) is 1. The highest BCUT2D eigenvalue weighted by Gasteiger charge is 2.46. The van der Waals surface area contributed by atoms with Gasteiger partial charge in [0.1, 0.15) is 0 Å². The third kappa shape index (κ3) is 3.55. The quantitative estimate of drug-likeness (QED) is 0.868. The fourth-order valence-corrected chi connectivity index (χ4v) is 5.79. The van der Waals surface area contributed by atoms with Crippen LogP contribution in [0.1, 0.15) is 77.9 Å². The van der Waals surface area contributed by atoms with Gasteiger partial charge in [0.15, 0.2) is 0 Å². The van der Waals surface area contributed by atoms with E-state index in [1.54, 1.807) is 11.3 Å². The van der Waals surface area contributed by atoms with Gasteiger partial charge in [-0.15, -0.1) is 11.3 Å². The normalized spacial score (nSPS) is 22.1. The highest BCUT2D eigenvalue weighted by atomic mass is 32.1. The first-order valence-corrected chi connectivity index (χ1v) is 11.2. The van der Waals surface area contributed by atoms with Gasteiger partial charge in [0, 0.05) is 24.5 Å². The first-order valence-electron chi connectivity index (χ1n) is 10.4. The topological polar surface area (TPSA) is 49.4 Å². The zero-order valence-electron chi connectivity index (χ0n) is 15.6. The Morgan fingerprint density at radius 2 is 1.73 bits per heavy atom. The lowest BCUT2D eigenvalue weighted by atomic mass is 9.67. The summed E-state index contributed by atoms with van der Waals surface area (Å²) in [6.45, 7) is 2.29. The van der Waals surface area contributed by atoms with Crippen molar-refractivity contribution in [1.82, 2.24) is 10.2 Å². The minimum absolute atomic E-state index is 0.0160. The third-order valence-corrected chi connectivity index (χ3v) is 7.70.